The quantitative estimate of drug-likeness (QED) is 0.505. The normalized spacial score (nSPS) is 16.6. The molecule has 3 aromatic carbocycles. The highest BCUT2D eigenvalue weighted by molar-refractivity contribution is 5.75. The number of hydrogen-bond donors (Lipinski definition) is 3. The van der Waals surface area contributed by atoms with Crippen LogP contribution in [-0.4, -0.2) is 38.4 Å². The summed E-state index contributed by atoms with van der Waals surface area (Å²) in [6.07, 6.45) is 0. The lowest BCUT2D eigenvalue weighted by atomic mass is 9.84. The van der Waals surface area contributed by atoms with E-state index < -0.39 is 5.54 Å². The number of carboxylic acid groups (broad SMARTS) is 1. The zero-order chi connectivity index (χ0) is 23.0. The lowest BCUT2D eigenvalue weighted by Crippen LogP contribution is -2.27. The highest BCUT2D eigenvalue weighted by Gasteiger charge is 2.40. The Labute approximate surface area is 186 Å². The molecule has 8 heteroatoms. The van der Waals surface area contributed by atoms with E-state index in [0.29, 0.717) is 6.61 Å². The van der Waals surface area contributed by atoms with Crippen molar-refractivity contribution in [3.05, 3.63) is 83.9 Å². The van der Waals surface area contributed by atoms with Crippen LogP contribution >= 0.6 is 0 Å². The summed E-state index contributed by atoms with van der Waals surface area (Å²) in [5.74, 6) is 1.58. The maximum absolute atomic E-state index is 8.36. The Bertz CT molecular complexity index is 1090. The number of nitrogens with zero attached hydrogens (tertiary/aromatic N) is 1. The van der Waals surface area contributed by atoms with E-state index in [-0.39, 0.29) is 12.5 Å². The summed E-state index contributed by atoms with van der Waals surface area (Å²) in [7, 11) is 3.30. The summed E-state index contributed by atoms with van der Waals surface area (Å²) < 4.78 is 16.2. The van der Waals surface area contributed by atoms with Crippen LogP contribution in [0.25, 0.3) is 0 Å². The minimum Gasteiger partial charge on any atom is -0.497 e. The number of amidine groups is 1. The first-order chi connectivity index (χ1) is 15.5. The van der Waals surface area contributed by atoms with Gasteiger partial charge in [-0.15, -0.1) is 0 Å². The second-order valence-corrected chi connectivity index (χ2v) is 6.87. The van der Waals surface area contributed by atoms with Crippen LogP contribution in [0.5, 0.6) is 11.5 Å². The number of rotatable bonds is 6. The molecule has 0 spiro atoms. The highest BCUT2D eigenvalue weighted by atomic mass is 16.5. The molecule has 4 rings (SSSR count). The number of benzene rings is 3. The molecule has 4 N–H and O–H groups in total. The predicted molar refractivity (Wildman–Crippen MR) is 123 cm³/mol. The van der Waals surface area contributed by atoms with Crippen LogP contribution < -0.4 is 20.5 Å². The number of aliphatic imine (C=N–C) groups is 1. The molecule has 1 aliphatic rings. The monoisotopic (exact) mass is 435 g/mol. The van der Waals surface area contributed by atoms with Gasteiger partial charge in [-0.3, -0.25) is 4.79 Å². The van der Waals surface area contributed by atoms with Gasteiger partial charge < -0.3 is 30.4 Å². The summed E-state index contributed by atoms with van der Waals surface area (Å²) >= 11 is 0. The fourth-order valence-corrected chi connectivity index (χ4v) is 3.48. The van der Waals surface area contributed by atoms with Crippen LogP contribution in [0.1, 0.15) is 11.1 Å². The van der Waals surface area contributed by atoms with Crippen molar-refractivity contribution in [2.24, 2.45) is 10.7 Å². The molecule has 0 amide bonds. The van der Waals surface area contributed by atoms with E-state index in [2.05, 4.69) is 16.4 Å². The molecular formula is C24H25N3O5. The van der Waals surface area contributed by atoms with Crippen molar-refractivity contribution in [1.82, 2.24) is 0 Å². The Balaban J connectivity index is 0.000000913. The molecule has 1 atom stereocenters. The number of anilines is 2. The highest BCUT2D eigenvalue weighted by Crippen LogP contribution is 2.39. The topological polar surface area (TPSA) is 115 Å². The molecule has 0 fully saturated rings. The SMILES string of the molecule is COc1ccc(C2(c3cccc(Nc4cccc(OC)c4)c3)COC(N)=N2)cc1.O=CO. The van der Waals surface area contributed by atoms with Crippen LogP contribution in [-0.2, 0) is 15.1 Å². The van der Waals surface area contributed by atoms with Crippen molar-refractivity contribution in [1.29, 1.82) is 0 Å². The van der Waals surface area contributed by atoms with Gasteiger partial charge in [0, 0.05) is 17.4 Å². The van der Waals surface area contributed by atoms with Crippen molar-refractivity contribution in [2.45, 2.75) is 5.54 Å². The van der Waals surface area contributed by atoms with Crippen molar-refractivity contribution < 1.29 is 24.1 Å². The molecule has 0 saturated heterocycles. The lowest BCUT2D eigenvalue weighted by molar-refractivity contribution is -0.122. The third-order valence-electron chi connectivity index (χ3n) is 5.00. The van der Waals surface area contributed by atoms with Crippen molar-refractivity contribution in [2.75, 3.05) is 26.1 Å². The molecule has 1 aliphatic heterocycles. The Morgan fingerprint density at radius 3 is 2.19 bits per heavy atom. The number of hydrogen-bond acceptors (Lipinski definition) is 7. The lowest BCUT2D eigenvalue weighted by Gasteiger charge is -2.26. The Hall–Kier alpha value is -4.20. The average Bonchev–Trinajstić information content (AvgIpc) is 3.23. The zero-order valence-electron chi connectivity index (χ0n) is 17.8. The van der Waals surface area contributed by atoms with Gasteiger partial charge in [0.2, 0.25) is 0 Å². The van der Waals surface area contributed by atoms with Crippen LogP contribution in [0.3, 0.4) is 0 Å². The molecule has 0 bridgehead atoms. The number of nitrogens with two attached hydrogens (primary N) is 1. The van der Waals surface area contributed by atoms with E-state index in [9.17, 15) is 0 Å². The van der Waals surface area contributed by atoms with Crippen LogP contribution in [0.4, 0.5) is 11.4 Å². The van der Waals surface area contributed by atoms with E-state index in [0.717, 1.165) is 34.0 Å². The minimum absolute atomic E-state index is 0.187. The number of nitrogens with one attached hydrogen (secondary N) is 1. The molecular weight excluding hydrogens is 410 g/mol. The smallest absolute Gasteiger partial charge is 0.290 e. The van der Waals surface area contributed by atoms with E-state index in [1.54, 1.807) is 14.2 Å². The molecule has 1 unspecified atom stereocenters. The Kier molecular flexibility index (Phi) is 7.17. The summed E-state index contributed by atoms with van der Waals surface area (Å²) in [6.45, 7) is 0.0910. The molecule has 1 heterocycles. The van der Waals surface area contributed by atoms with Crippen LogP contribution in [0, 0.1) is 0 Å². The van der Waals surface area contributed by atoms with Gasteiger partial charge in [0.15, 0.2) is 5.54 Å². The molecule has 166 valence electrons. The predicted octanol–water partition coefficient (Wildman–Crippen LogP) is 3.74. The van der Waals surface area contributed by atoms with E-state index in [4.69, 9.17) is 29.8 Å². The van der Waals surface area contributed by atoms with Gasteiger partial charge in [-0.25, -0.2) is 4.99 Å². The first-order valence-corrected chi connectivity index (χ1v) is 9.76. The number of ether oxygens (including phenoxy) is 3. The number of carbonyl (C=O) groups is 1. The van der Waals surface area contributed by atoms with Gasteiger partial charge in [-0.05, 0) is 47.5 Å². The molecule has 0 saturated carbocycles. The first kappa shape index (κ1) is 22.5. The maximum Gasteiger partial charge on any atom is 0.290 e. The molecule has 8 nitrogen and oxygen atoms in total. The summed E-state index contributed by atoms with van der Waals surface area (Å²) in [5, 5.41) is 10.3. The van der Waals surface area contributed by atoms with Crippen LogP contribution in [0.15, 0.2) is 77.8 Å². The molecule has 0 radical (unpaired) electrons. The van der Waals surface area contributed by atoms with Crippen molar-refractivity contribution in [3.63, 3.8) is 0 Å². The second-order valence-electron chi connectivity index (χ2n) is 6.87. The largest absolute Gasteiger partial charge is 0.497 e. The van der Waals surface area contributed by atoms with Gasteiger partial charge >= 0.3 is 0 Å². The molecule has 0 aliphatic carbocycles. The number of methoxy groups -OCH3 is 2. The third kappa shape index (κ3) is 4.92. The van der Waals surface area contributed by atoms with Gasteiger partial charge in [-0.1, -0.05) is 30.3 Å². The average molecular weight is 435 g/mol. The summed E-state index contributed by atoms with van der Waals surface area (Å²) in [6, 6.07) is 23.9. The molecule has 0 aromatic heterocycles. The van der Waals surface area contributed by atoms with Crippen LogP contribution in [0.2, 0.25) is 0 Å². The first-order valence-electron chi connectivity index (χ1n) is 9.76. The van der Waals surface area contributed by atoms with Crippen molar-refractivity contribution >= 4 is 23.9 Å². The summed E-state index contributed by atoms with van der Waals surface area (Å²) in [5.41, 5.74) is 9.04. The van der Waals surface area contributed by atoms with E-state index in [1.165, 1.54) is 0 Å². The molecule has 32 heavy (non-hydrogen) atoms. The zero-order valence-corrected chi connectivity index (χ0v) is 17.8. The van der Waals surface area contributed by atoms with Gasteiger partial charge in [-0.2, -0.15) is 0 Å². The van der Waals surface area contributed by atoms with E-state index >= 15 is 0 Å². The Morgan fingerprint density at radius 2 is 1.59 bits per heavy atom. The fourth-order valence-electron chi connectivity index (χ4n) is 3.48. The second kappa shape index (κ2) is 10.2. The molecule has 3 aromatic rings. The van der Waals surface area contributed by atoms with Gasteiger partial charge in [0.1, 0.15) is 18.1 Å². The standard InChI is InChI=1S/C23H23N3O3.CH2O2/c1-27-20-11-9-16(10-12-20)23(15-29-22(24)26-23)17-5-3-6-18(13-17)25-19-7-4-8-21(14-19)28-2;2-1-3/h3-14,25H,15H2,1-2H3,(H2,24,26);1H,(H,2,3). The van der Waals surface area contributed by atoms with Gasteiger partial charge in [0.25, 0.3) is 12.5 Å². The maximum atomic E-state index is 8.36. The minimum atomic E-state index is -0.706. The van der Waals surface area contributed by atoms with Gasteiger partial charge in [0.05, 0.1) is 14.2 Å². The van der Waals surface area contributed by atoms with Crippen molar-refractivity contribution in [3.8, 4) is 11.5 Å². The Morgan fingerprint density at radius 1 is 0.969 bits per heavy atom. The summed E-state index contributed by atoms with van der Waals surface area (Å²) in [4.78, 5) is 13.0. The third-order valence-corrected chi connectivity index (χ3v) is 5.00. The fraction of sp³-hybridized carbons (Fsp3) is 0.167. The van der Waals surface area contributed by atoms with E-state index in [1.807, 2.05) is 66.7 Å².